The molecule has 1 aromatic carbocycles. The molecular formula is C52H77N3O15. The van der Waals surface area contributed by atoms with Crippen LogP contribution in [0.15, 0.2) is 54.8 Å². The first-order valence-electron chi connectivity index (χ1n) is 24.6. The molecule has 1 aromatic heterocycles. The van der Waals surface area contributed by atoms with Gasteiger partial charge in [0.15, 0.2) is 18.7 Å². The van der Waals surface area contributed by atoms with Crippen molar-refractivity contribution in [3.05, 3.63) is 60.3 Å². The van der Waals surface area contributed by atoms with E-state index in [0.717, 1.165) is 22.8 Å². The summed E-state index contributed by atoms with van der Waals surface area (Å²) in [7, 11) is 6.76. The third-order valence-corrected chi connectivity index (χ3v) is 13.5. The largest absolute Gasteiger partial charge is 0.459 e. The molecule has 2 saturated heterocycles. The molecule has 2 aromatic rings. The fraction of sp³-hybridized carbons (Fsp3) is 0.673. The number of aliphatic hydroxyl groups excluding tert-OH is 2. The second-order valence-electron chi connectivity index (χ2n) is 19.4. The Kier molecular flexibility index (Phi) is 21.4. The number of fused-ring (bicyclic) bond motifs is 1. The number of aliphatic hydroxyl groups is 3. The predicted molar refractivity (Wildman–Crippen MR) is 259 cm³/mol. The van der Waals surface area contributed by atoms with E-state index in [9.17, 15) is 34.5 Å². The van der Waals surface area contributed by atoms with E-state index in [1.807, 2.05) is 67.4 Å². The van der Waals surface area contributed by atoms with Crippen molar-refractivity contribution in [1.29, 1.82) is 0 Å². The van der Waals surface area contributed by atoms with Gasteiger partial charge in [0, 0.05) is 63.9 Å². The number of likely N-dealkylation sites (N-methyl/N-ethyl adjacent to an activating group) is 2. The molecule has 0 bridgehead atoms. The van der Waals surface area contributed by atoms with E-state index in [1.54, 1.807) is 65.9 Å². The monoisotopic (exact) mass is 984 g/mol. The highest BCUT2D eigenvalue weighted by Crippen LogP contribution is 2.38. The average molecular weight is 984 g/mol. The lowest BCUT2D eigenvalue weighted by molar-refractivity contribution is -0.344. The SMILES string of the molecule is CCC(=O)O[C@@H]1CC(=O)O[C@H](CC=Cc2ccnc3ccccc23)C=CCN(C)C[C@H](O)[C@H](C)C[C@H](CC=O)[C@H](O[C@@H]2OC(C)[C@@H](O[C@H]3CC(C)(O)[C@@H](OC(=O)CC)C(C)O3)C(N(C)C)C2O)[C@H]1OC. The van der Waals surface area contributed by atoms with Gasteiger partial charge in [0.05, 0.1) is 42.4 Å². The lowest BCUT2D eigenvalue weighted by Gasteiger charge is -2.50. The summed E-state index contributed by atoms with van der Waals surface area (Å²) in [5.74, 6) is -2.92. The van der Waals surface area contributed by atoms with Gasteiger partial charge < -0.3 is 67.8 Å². The van der Waals surface area contributed by atoms with E-state index in [1.165, 1.54) is 7.11 Å². The third-order valence-electron chi connectivity index (χ3n) is 13.5. The van der Waals surface area contributed by atoms with Gasteiger partial charge in [-0.1, -0.05) is 57.2 Å². The molecular weight excluding hydrogens is 907 g/mol. The van der Waals surface area contributed by atoms with Crippen LogP contribution < -0.4 is 0 Å². The maximum absolute atomic E-state index is 14.1. The van der Waals surface area contributed by atoms with Gasteiger partial charge in [-0.25, -0.2) is 0 Å². The maximum atomic E-state index is 14.1. The van der Waals surface area contributed by atoms with E-state index in [-0.39, 0.29) is 38.6 Å². The Bertz CT molecular complexity index is 2060. The van der Waals surface area contributed by atoms with Crippen LogP contribution in [0.25, 0.3) is 17.0 Å². The van der Waals surface area contributed by atoms with Crippen molar-refractivity contribution in [1.82, 2.24) is 14.8 Å². The molecule has 16 atom stereocenters. The molecule has 0 radical (unpaired) electrons. The Morgan fingerprint density at radius 2 is 1.69 bits per heavy atom. The van der Waals surface area contributed by atoms with E-state index in [2.05, 4.69) is 4.98 Å². The number of pyridine rings is 1. The van der Waals surface area contributed by atoms with Crippen molar-refractivity contribution in [3.8, 4) is 0 Å². The topological polar surface area (TPSA) is 222 Å². The van der Waals surface area contributed by atoms with Crippen LogP contribution in [0.1, 0.15) is 92.1 Å². The molecule has 4 heterocycles. The molecule has 18 heteroatoms. The number of rotatable bonds is 15. The number of nitrogens with zero attached hydrogens (tertiary/aromatic N) is 3. The van der Waals surface area contributed by atoms with Crippen molar-refractivity contribution in [2.45, 2.75) is 172 Å². The summed E-state index contributed by atoms with van der Waals surface area (Å²) < 4.78 is 49.7. The highest BCUT2D eigenvalue weighted by Gasteiger charge is 2.53. The molecule has 0 amide bonds. The maximum Gasteiger partial charge on any atom is 0.310 e. The number of carbonyl (C=O) groups is 4. The van der Waals surface area contributed by atoms with Crippen LogP contribution in [-0.4, -0.2) is 181 Å². The second kappa shape index (κ2) is 26.5. The molecule has 5 rings (SSSR count). The molecule has 18 nitrogen and oxygen atoms in total. The van der Waals surface area contributed by atoms with E-state index >= 15 is 0 Å². The minimum absolute atomic E-state index is 0.0286. The van der Waals surface area contributed by atoms with Crippen LogP contribution in [-0.2, 0) is 57.1 Å². The Hall–Kier alpha value is -4.21. The lowest BCUT2D eigenvalue weighted by atomic mass is 9.82. The average Bonchev–Trinajstić information content (AvgIpc) is 3.30. The van der Waals surface area contributed by atoms with Gasteiger partial charge in [0.1, 0.15) is 42.4 Å². The number of β-amino-alcohol motifs (C(OH)–C–C–N with tert-alkyl or cyclic N) is 1. The van der Waals surface area contributed by atoms with Crippen LogP contribution in [0.4, 0.5) is 0 Å². The molecule has 3 aliphatic heterocycles. The number of benzene rings is 1. The van der Waals surface area contributed by atoms with Gasteiger partial charge in [-0.3, -0.25) is 19.4 Å². The Morgan fingerprint density at radius 3 is 2.36 bits per heavy atom. The Morgan fingerprint density at radius 1 is 0.971 bits per heavy atom. The molecule has 0 aliphatic carbocycles. The fourth-order valence-corrected chi connectivity index (χ4v) is 9.74. The molecule has 3 aliphatic rings. The van der Waals surface area contributed by atoms with E-state index in [4.69, 9.17) is 37.9 Å². The number of carbonyl (C=O) groups excluding carboxylic acids is 4. The molecule has 0 saturated carbocycles. The summed E-state index contributed by atoms with van der Waals surface area (Å²) in [6.45, 7) is 10.8. The molecule has 0 spiro atoms. The van der Waals surface area contributed by atoms with Gasteiger partial charge in [0.2, 0.25) is 0 Å². The number of aldehydes is 1. The van der Waals surface area contributed by atoms with Crippen LogP contribution in [0.3, 0.4) is 0 Å². The van der Waals surface area contributed by atoms with Crippen LogP contribution >= 0.6 is 0 Å². The minimum atomic E-state index is -1.51. The van der Waals surface area contributed by atoms with Gasteiger partial charge in [-0.2, -0.15) is 0 Å². The zero-order chi connectivity index (χ0) is 51.3. The van der Waals surface area contributed by atoms with Crippen molar-refractivity contribution in [2.75, 3.05) is 41.3 Å². The number of cyclic esters (lactones) is 1. The molecule has 2 fully saturated rings. The fourth-order valence-electron chi connectivity index (χ4n) is 9.74. The predicted octanol–water partition coefficient (Wildman–Crippen LogP) is 4.38. The number of methoxy groups -OCH3 is 1. The number of para-hydroxylation sites is 1. The van der Waals surface area contributed by atoms with Gasteiger partial charge >= 0.3 is 17.9 Å². The number of aromatic nitrogens is 1. The molecule has 3 N–H and O–H groups in total. The van der Waals surface area contributed by atoms with Gasteiger partial charge in [-0.15, -0.1) is 0 Å². The summed E-state index contributed by atoms with van der Waals surface area (Å²) in [5, 5.41) is 36.3. The third kappa shape index (κ3) is 15.2. The number of hydrogen-bond acceptors (Lipinski definition) is 18. The van der Waals surface area contributed by atoms with Gasteiger partial charge in [0.25, 0.3) is 0 Å². The highest BCUT2D eigenvalue weighted by atomic mass is 16.7. The lowest BCUT2D eigenvalue weighted by Crippen LogP contribution is -2.66. The standard InChI is InChI=1S/C52H77N3O15/c1-11-41(58)67-40-28-43(60)66-36(18-15-17-34-22-24-53-38-21-14-13-20-37(34)38)19-16-25-55(9)30-39(57)31(3)27-35(23-26-56)48(49(40)63-10)70-51-46(61)45(54(7)8)47(32(4)65-51)69-44-29-52(6,62)50(33(5)64-44)68-42(59)12-2/h13-17,19-22,24,26,31-33,35-36,39-40,44-51,57,61-62H,11-12,18,23,25,27-30H2,1-10H3/t31-,32?,33?,35+,36-,39+,40-,44+,45?,46?,47-,48+,49+,50+,51+,52?/m1/s1. The highest BCUT2D eigenvalue weighted by molar-refractivity contribution is 5.87. The van der Waals surface area contributed by atoms with E-state index < -0.39 is 121 Å². The zero-order valence-electron chi connectivity index (χ0n) is 42.5. The quantitative estimate of drug-likeness (QED) is 0.0975. The Labute approximate surface area is 412 Å². The molecule has 5 unspecified atom stereocenters. The first-order valence-corrected chi connectivity index (χ1v) is 24.6. The van der Waals surface area contributed by atoms with Crippen molar-refractivity contribution in [2.24, 2.45) is 11.8 Å². The summed E-state index contributed by atoms with van der Waals surface area (Å²) in [6, 6.07) is 8.89. The van der Waals surface area contributed by atoms with Crippen LogP contribution in [0, 0.1) is 11.8 Å². The zero-order valence-corrected chi connectivity index (χ0v) is 42.5. The summed E-state index contributed by atoms with van der Waals surface area (Å²) in [5.41, 5.74) is 0.278. The van der Waals surface area contributed by atoms with Gasteiger partial charge in [-0.05, 0) is 83.9 Å². The number of ether oxygens (including phenoxy) is 8. The van der Waals surface area contributed by atoms with E-state index in [0.29, 0.717) is 13.0 Å². The van der Waals surface area contributed by atoms with Crippen LogP contribution in [0.5, 0.6) is 0 Å². The summed E-state index contributed by atoms with van der Waals surface area (Å²) >= 11 is 0. The smallest absolute Gasteiger partial charge is 0.310 e. The minimum Gasteiger partial charge on any atom is -0.459 e. The second-order valence-corrected chi connectivity index (χ2v) is 19.4. The normalized spacial score (nSPS) is 35.4. The van der Waals surface area contributed by atoms with Crippen molar-refractivity contribution >= 4 is 41.2 Å². The summed E-state index contributed by atoms with van der Waals surface area (Å²) in [6.07, 6.45) is -2.38. The van der Waals surface area contributed by atoms with Crippen molar-refractivity contribution < 1.29 is 72.4 Å². The Balaban J connectivity index is 1.46. The number of hydrogen-bond donors (Lipinski definition) is 3. The first kappa shape index (κ1) is 56.7. The molecule has 390 valence electrons. The molecule has 70 heavy (non-hydrogen) atoms. The first-order chi connectivity index (χ1) is 33.3. The van der Waals surface area contributed by atoms with Crippen LogP contribution in [0.2, 0.25) is 0 Å². The summed E-state index contributed by atoms with van der Waals surface area (Å²) in [4.78, 5) is 60.3. The number of esters is 3. The van der Waals surface area contributed by atoms with Crippen molar-refractivity contribution in [3.63, 3.8) is 0 Å².